The summed E-state index contributed by atoms with van der Waals surface area (Å²) in [5.74, 6) is 0.428. The first kappa shape index (κ1) is 14.7. The zero-order chi connectivity index (χ0) is 15.2. The Morgan fingerprint density at radius 1 is 1.24 bits per heavy atom. The molecule has 0 radical (unpaired) electrons. The fourth-order valence-corrected chi connectivity index (χ4v) is 1.96. The van der Waals surface area contributed by atoms with Crippen molar-refractivity contribution >= 4 is 11.6 Å². The van der Waals surface area contributed by atoms with Gasteiger partial charge in [0.25, 0.3) is 5.91 Å². The normalized spacial score (nSPS) is 10.0. The summed E-state index contributed by atoms with van der Waals surface area (Å²) in [5.41, 5.74) is 2.35. The van der Waals surface area contributed by atoms with E-state index in [0.717, 1.165) is 11.3 Å². The second-order valence-corrected chi connectivity index (χ2v) is 4.52. The van der Waals surface area contributed by atoms with Crippen LogP contribution < -0.4 is 15.4 Å². The van der Waals surface area contributed by atoms with Crippen molar-refractivity contribution in [2.75, 3.05) is 19.5 Å². The molecule has 0 aliphatic carbocycles. The first-order chi connectivity index (χ1) is 10.1. The maximum atomic E-state index is 11.6. The van der Waals surface area contributed by atoms with Gasteiger partial charge >= 0.3 is 0 Å². The Hall–Kier alpha value is -2.69. The van der Waals surface area contributed by atoms with Crippen LogP contribution in [0.3, 0.4) is 0 Å². The van der Waals surface area contributed by atoms with Crippen molar-refractivity contribution in [3.8, 4) is 11.5 Å². The number of phenols is 1. The molecule has 0 saturated carbocycles. The molecule has 2 rings (SSSR count). The molecule has 0 unspecified atom stereocenters. The molecule has 0 spiro atoms. The van der Waals surface area contributed by atoms with Crippen LogP contribution in [-0.4, -0.2) is 25.2 Å². The van der Waals surface area contributed by atoms with Gasteiger partial charge in [-0.3, -0.25) is 4.79 Å². The number of carbonyl (C=O) groups is 1. The first-order valence-electron chi connectivity index (χ1n) is 6.56. The molecule has 0 heterocycles. The third kappa shape index (κ3) is 3.66. The summed E-state index contributed by atoms with van der Waals surface area (Å²) < 4.78 is 5.00. The highest BCUT2D eigenvalue weighted by molar-refractivity contribution is 5.94. The number of hydrogen-bond acceptors (Lipinski definition) is 4. The van der Waals surface area contributed by atoms with E-state index in [2.05, 4.69) is 10.6 Å². The summed E-state index contributed by atoms with van der Waals surface area (Å²) in [4.78, 5) is 11.6. The zero-order valence-electron chi connectivity index (χ0n) is 12.0. The Balaban J connectivity index is 2.06. The number of amides is 1. The lowest BCUT2D eigenvalue weighted by atomic mass is 10.1. The molecular weight excluding hydrogens is 268 g/mol. The molecule has 21 heavy (non-hydrogen) atoms. The number of benzene rings is 2. The molecular formula is C16H18N2O3. The van der Waals surface area contributed by atoms with E-state index in [4.69, 9.17) is 4.74 Å². The van der Waals surface area contributed by atoms with Gasteiger partial charge in [-0.2, -0.15) is 0 Å². The predicted octanol–water partition coefficient (Wildman–Crippen LogP) is 2.37. The quantitative estimate of drug-likeness (QED) is 0.789. The number of ether oxygens (including phenoxy) is 1. The average molecular weight is 286 g/mol. The van der Waals surface area contributed by atoms with Gasteiger partial charge in [-0.05, 0) is 35.9 Å². The van der Waals surface area contributed by atoms with Crippen molar-refractivity contribution in [1.29, 1.82) is 0 Å². The number of methoxy groups -OCH3 is 1. The summed E-state index contributed by atoms with van der Waals surface area (Å²) in [7, 11) is 3.11. The highest BCUT2D eigenvalue weighted by Gasteiger charge is 2.05. The minimum Gasteiger partial charge on any atom is -0.504 e. The largest absolute Gasteiger partial charge is 0.504 e. The monoisotopic (exact) mass is 286 g/mol. The second kappa shape index (κ2) is 6.65. The Bertz CT molecular complexity index is 641. The molecule has 5 nitrogen and oxygen atoms in total. The fraction of sp³-hybridized carbons (Fsp3) is 0.188. The third-order valence-electron chi connectivity index (χ3n) is 3.09. The fourth-order valence-electron chi connectivity index (χ4n) is 1.96. The lowest BCUT2D eigenvalue weighted by Gasteiger charge is -2.10. The molecule has 1 amide bonds. The molecule has 0 bridgehead atoms. The van der Waals surface area contributed by atoms with E-state index in [-0.39, 0.29) is 11.7 Å². The topological polar surface area (TPSA) is 70.6 Å². The van der Waals surface area contributed by atoms with E-state index >= 15 is 0 Å². The summed E-state index contributed by atoms with van der Waals surface area (Å²) in [6.45, 7) is 0.536. The highest BCUT2D eigenvalue weighted by Crippen LogP contribution is 2.26. The van der Waals surface area contributed by atoms with E-state index in [1.54, 1.807) is 31.3 Å². The molecule has 0 fully saturated rings. The van der Waals surface area contributed by atoms with E-state index in [1.807, 2.05) is 18.2 Å². The Kier molecular flexibility index (Phi) is 4.66. The molecule has 0 aromatic heterocycles. The predicted molar refractivity (Wildman–Crippen MR) is 81.8 cm³/mol. The molecule has 3 N–H and O–H groups in total. The van der Waals surface area contributed by atoms with Crippen molar-refractivity contribution in [3.05, 3.63) is 53.6 Å². The van der Waals surface area contributed by atoms with Gasteiger partial charge in [0.05, 0.1) is 7.11 Å². The molecule has 0 aliphatic rings. The van der Waals surface area contributed by atoms with E-state index < -0.39 is 0 Å². The second-order valence-electron chi connectivity index (χ2n) is 4.52. The Morgan fingerprint density at radius 2 is 2.05 bits per heavy atom. The average Bonchev–Trinajstić information content (AvgIpc) is 2.52. The molecule has 2 aromatic carbocycles. The number of phenolic OH excluding ortho intramolecular Hbond substituents is 1. The summed E-state index contributed by atoms with van der Waals surface area (Å²) in [5, 5.41) is 15.5. The number of anilines is 1. The van der Waals surface area contributed by atoms with E-state index in [0.29, 0.717) is 17.9 Å². The molecule has 5 heteroatoms. The van der Waals surface area contributed by atoms with Gasteiger partial charge in [0, 0.05) is 24.8 Å². The molecule has 2 aromatic rings. The number of nitrogens with one attached hydrogen (secondary N) is 2. The SMILES string of the molecule is CNC(=O)c1cccc(NCc2ccc(OC)c(O)c2)c1. The van der Waals surface area contributed by atoms with E-state index in [1.165, 1.54) is 7.11 Å². The summed E-state index contributed by atoms with van der Waals surface area (Å²) in [6.07, 6.45) is 0. The van der Waals surface area contributed by atoms with Gasteiger partial charge in [0.2, 0.25) is 0 Å². The van der Waals surface area contributed by atoms with Crippen molar-refractivity contribution in [3.63, 3.8) is 0 Å². The van der Waals surface area contributed by atoms with E-state index in [9.17, 15) is 9.90 Å². The van der Waals surface area contributed by atoms with Gasteiger partial charge in [-0.15, -0.1) is 0 Å². The number of hydrogen-bond donors (Lipinski definition) is 3. The summed E-state index contributed by atoms with van der Waals surface area (Å²) >= 11 is 0. The lowest BCUT2D eigenvalue weighted by molar-refractivity contribution is 0.0963. The van der Waals surface area contributed by atoms with Crippen LogP contribution in [0.1, 0.15) is 15.9 Å². The number of carbonyl (C=O) groups excluding carboxylic acids is 1. The van der Waals surface area contributed by atoms with Gasteiger partial charge in [-0.1, -0.05) is 12.1 Å². The van der Waals surface area contributed by atoms with Crippen molar-refractivity contribution in [2.45, 2.75) is 6.54 Å². The first-order valence-corrected chi connectivity index (χ1v) is 6.56. The molecule has 0 saturated heterocycles. The highest BCUT2D eigenvalue weighted by atomic mass is 16.5. The molecule has 110 valence electrons. The minimum absolute atomic E-state index is 0.107. The molecule has 0 aliphatic heterocycles. The van der Waals surface area contributed by atoms with Crippen LogP contribution >= 0.6 is 0 Å². The third-order valence-corrected chi connectivity index (χ3v) is 3.09. The van der Waals surface area contributed by atoms with Crippen LogP contribution in [0.2, 0.25) is 0 Å². The van der Waals surface area contributed by atoms with Crippen molar-refractivity contribution in [1.82, 2.24) is 5.32 Å². The Morgan fingerprint density at radius 3 is 2.71 bits per heavy atom. The standard InChI is InChI=1S/C16H18N2O3/c1-17-16(20)12-4-3-5-13(9-12)18-10-11-6-7-15(21-2)14(19)8-11/h3-9,18-19H,10H2,1-2H3,(H,17,20). The minimum atomic E-state index is -0.124. The maximum Gasteiger partial charge on any atom is 0.251 e. The lowest BCUT2D eigenvalue weighted by Crippen LogP contribution is -2.17. The van der Waals surface area contributed by atoms with Gasteiger partial charge in [0.1, 0.15) is 0 Å². The van der Waals surface area contributed by atoms with Gasteiger partial charge in [-0.25, -0.2) is 0 Å². The molecule has 0 atom stereocenters. The Labute approximate surface area is 123 Å². The van der Waals surface area contributed by atoms with Crippen molar-refractivity contribution < 1.29 is 14.6 Å². The van der Waals surface area contributed by atoms with Crippen LogP contribution in [0.25, 0.3) is 0 Å². The number of rotatable bonds is 5. The number of aromatic hydroxyl groups is 1. The van der Waals surface area contributed by atoms with Crippen LogP contribution in [-0.2, 0) is 6.54 Å². The van der Waals surface area contributed by atoms with Crippen LogP contribution in [0.15, 0.2) is 42.5 Å². The van der Waals surface area contributed by atoms with Crippen LogP contribution in [0, 0.1) is 0 Å². The van der Waals surface area contributed by atoms with Gasteiger partial charge < -0.3 is 20.5 Å². The van der Waals surface area contributed by atoms with Crippen LogP contribution in [0.4, 0.5) is 5.69 Å². The van der Waals surface area contributed by atoms with Crippen LogP contribution in [0.5, 0.6) is 11.5 Å². The summed E-state index contributed by atoms with van der Waals surface area (Å²) in [6, 6.07) is 12.5. The zero-order valence-corrected chi connectivity index (χ0v) is 12.0. The van der Waals surface area contributed by atoms with Crippen molar-refractivity contribution in [2.24, 2.45) is 0 Å². The van der Waals surface area contributed by atoms with Gasteiger partial charge in [0.15, 0.2) is 11.5 Å². The smallest absolute Gasteiger partial charge is 0.251 e. The maximum absolute atomic E-state index is 11.6.